The number of nitrogens with zero attached hydrogens (tertiary/aromatic N) is 1. The van der Waals surface area contributed by atoms with Crippen LogP contribution in [0.1, 0.15) is 23.1 Å². The fourth-order valence-electron chi connectivity index (χ4n) is 2.27. The van der Waals surface area contributed by atoms with Crippen LogP contribution < -0.4 is 5.06 Å². The molecule has 104 valence electrons. The van der Waals surface area contributed by atoms with Gasteiger partial charge in [0.25, 0.3) is 5.91 Å². The molecule has 20 heavy (non-hydrogen) atoms. The van der Waals surface area contributed by atoms with Gasteiger partial charge in [-0.05, 0) is 37.0 Å². The molecule has 1 N–H and O–H groups in total. The lowest BCUT2D eigenvalue weighted by Crippen LogP contribution is -2.28. The molecule has 0 aliphatic carbocycles. The highest BCUT2D eigenvalue weighted by molar-refractivity contribution is 5.92. The number of para-hydroxylation sites is 1. The molecule has 0 atom stereocenters. The van der Waals surface area contributed by atoms with Gasteiger partial charge in [-0.15, -0.1) is 0 Å². The van der Waals surface area contributed by atoms with Gasteiger partial charge in [0.05, 0.1) is 5.69 Å². The molecule has 0 unspecified atom stereocenters. The topological polar surface area (TPSA) is 40.5 Å². The van der Waals surface area contributed by atoms with E-state index in [4.69, 9.17) is 0 Å². The number of benzene rings is 2. The first-order valence-corrected chi connectivity index (χ1v) is 6.71. The van der Waals surface area contributed by atoms with E-state index in [1.165, 1.54) is 0 Å². The third-order valence-corrected chi connectivity index (χ3v) is 3.36. The second kappa shape index (κ2) is 6.35. The summed E-state index contributed by atoms with van der Waals surface area (Å²) in [7, 11) is 0. The van der Waals surface area contributed by atoms with Crippen molar-refractivity contribution in [2.75, 3.05) is 5.06 Å². The third kappa shape index (κ3) is 3.25. The minimum absolute atomic E-state index is 0.286. The Hall–Kier alpha value is -2.13. The average molecular weight is 269 g/mol. The summed E-state index contributed by atoms with van der Waals surface area (Å²) in [5.41, 5.74) is 3.46. The van der Waals surface area contributed by atoms with E-state index in [9.17, 15) is 10.0 Å². The molecule has 2 aromatic rings. The van der Waals surface area contributed by atoms with Crippen molar-refractivity contribution in [1.82, 2.24) is 0 Å². The van der Waals surface area contributed by atoms with E-state index in [0.717, 1.165) is 21.8 Å². The van der Waals surface area contributed by atoms with Crippen LogP contribution in [0.5, 0.6) is 0 Å². The molecule has 0 aromatic heterocycles. The van der Waals surface area contributed by atoms with Crippen molar-refractivity contribution >= 4 is 11.6 Å². The number of hydrogen-bond acceptors (Lipinski definition) is 2. The van der Waals surface area contributed by atoms with Crippen LogP contribution in [0.2, 0.25) is 0 Å². The Kier molecular flexibility index (Phi) is 4.53. The third-order valence-electron chi connectivity index (χ3n) is 3.36. The minimum atomic E-state index is -0.286. The van der Waals surface area contributed by atoms with E-state index in [1.54, 1.807) is 0 Å². The van der Waals surface area contributed by atoms with E-state index in [1.807, 2.05) is 62.4 Å². The summed E-state index contributed by atoms with van der Waals surface area (Å²) in [4.78, 5) is 12.1. The van der Waals surface area contributed by atoms with E-state index >= 15 is 0 Å². The van der Waals surface area contributed by atoms with E-state index in [-0.39, 0.29) is 12.3 Å². The summed E-state index contributed by atoms with van der Waals surface area (Å²) in [5.74, 6) is -0.286. The zero-order valence-electron chi connectivity index (χ0n) is 11.8. The maximum Gasteiger partial charge on any atom is 0.251 e. The van der Waals surface area contributed by atoms with Gasteiger partial charge >= 0.3 is 0 Å². The molecule has 0 aliphatic heterocycles. The van der Waals surface area contributed by atoms with Gasteiger partial charge in [-0.1, -0.05) is 48.5 Å². The molecular weight excluding hydrogens is 250 g/mol. The maximum absolute atomic E-state index is 12.1. The predicted octanol–water partition coefficient (Wildman–Crippen LogP) is 3.66. The molecule has 0 aliphatic rings. The van der Waals surface area contributed by atoms with Gasteiger partial charge in [0.1, 0.15) is 0 Å². The molecule has 0 radical (unpaired) electrons. The van der Waals surface area contributed by atoms with Gasteiger partial charge in [0, 0.05) is 6.42 Å². The molecule has 0 saturated heterocycles. The molecule has 0 saturated carbocycles. The zero-order chi connectivity index (χ0) is 14.5. The van der Waals surface area contributed by atoms with Crippen molar-refractivity contribution in [3.63, 3.8) is 0 Å². The van der Waals surface area contributed by atoms with Crippen molar-refractivity contribution in [1.29, 1.82) is 0 Å². The molecule has 3 heteroatoms. The highest BCUT2D eigenvalue weighted by Gasteiger charge is 2.16. The van der Waals surface area contributed by atoms with Crippen molar-refractivity contribution in [2.45, 2.75) is 26.7 Å². The van der Waals surface area contributed by atoms with E-state index in [2.05, 4.69) is 0 Å². The van der Waals surface area contributed by atoms with Crippen LogP contribution in [-0.2, 0) is 11.2 Å². The first-order chi connectivity index (χ1) is 9.59. The first kappa shape index (κ1) is 14.3. The Bertz CT molecular complexity index is 573. The van der Waals surface area contributed by atoms with Crippen LogP contribution in [0, 0.1) is 13.8 Å². The van der Waals surface area contributed by atoms with E-state index in [0.29, 0.717) is 12.1 Å². The Labute approximate surface area is 119 Å². The van der Waals surface area contributed by atoms with Gasteiger partial charge in [-0.25, -0.2) is 0 Å². The molecule has 3 nitrogen and oxygen atoms in total. The van der Waals surface area contributed by atoms with Gasteiger partial charge in [0.2, 0.25) is 0 Å². The second-order valence-corrected chi connectivity index (χ2v) is 4.93. The molecule has 2 rings (SSSR count). The highest BCUT2D eigenvalue weighted by Crippen LogP contribution is 2.23. The Morgan fingerprint density at radius 3 is 2.20 bits per heavy atom. The van der Waals surface area contributed by atoms with Crippen molar-refractivity contribution in [2.24, 2.45) is 0 Å². The Morgan fingerprint density at radius 1 is 1.00 bits per heavy atom. The predicted molar refractivity (Wildman–Crippen MR) is 80.0 cm³/mol. The van der Waals surface area contributed by atoms with Crippen LogP contribution in [0.25, 0.3) is 0 Å². The lowest BCUT2D eigenvalue weighted by Gasteiger charge is -2.19. The number of aryl methyl sites for hydroxylation is 3. The monoisotopic (exact) mass is 269 g/mol. The SMILES string of the molecule is Cc1cccc(C)c1N(O)C(=O)CCc1ccccc1. The molecule has 1 amide bonds. The molecule has 0 fully saturated rings. The number of carbonyl (C=O) groups excluding carboxylic acids is 1. The number of hydrogen-bond donors (Lipinski definition) is 1. The second-order valence-electron chi connectivity index (χ2n) is 4.93. The van der Waals surface area contributed by atoms with Crippen molar-refractivity contribution < 1.29 is 10.0 Å². The number of hydroxylamine groups is 1. The normalized spacial score (nSPS) is 10.3. The van der Waals surface area contributed by atoms with Crippen LogP contribution in [0.15, 0.2) is 48.5 Å². The summed E-state index contributed by atoms with van der Waals surface area (Å²) in [6.45, 7) is 3.77. The fourth-order valence-corrected chi connectivity index (χ4v) is 2.27. The highest BCUT2D eigenvalue weighted by atomic mass is 16.5. The number of amides is 1. The number of rotatable bonds is 4. The quantitative estimate of drug-likeness (QED) is 0.679. The van der Waals surface area contributed by atoms with Crippen molar-refractivity contribution in [3.05, 3.63) is 65.2 Å². The lowest BCUT2D eigenvalue weighted by atomic mass is 10.1. The van der Waals surface area contributed by atoms with Gasteiger partial charge in [-0.2, -0.15) is 5.06 Å². The van der Waals surface area contributed by atoms with Gasteiger partial charge in [0.15, 0.2) is 0 Å². The first-order valence-electron chi connectivity index (χ1n) is 6.71. The van der Waals surface area contributed by atoms with Gasteiger partial charge in [-0.3, -0.25) is 10.0 Å². The smallest absolute Gasteiger partial charge is 0.251 e. The average Bonchev–Trinajstić information content (AvgIpc) is 2.45. The molecule has 2 aromatic carbocycles. The van der Waals surface area contributed by atoms with Crippen LogP contribution >= 0.6 is 0 Å². The largest absolute Gasteiger partial charge is 0.281 e. The lowest BCUT2D eigenvalue weighted by molar-refractivity contribution is -0.123. The van der Waals surface area contributed by atoms with Crippen LogP contribution in [0.4, 0.5) is 5.69 Å². The van der Waals surface area contributed by atoms with Gasteiger partial charge < -0.3 is 0 Å². The molecule has 0 heterocycles. The molecule has 0 bridgehead atoms. The summed E-state index contributed by atoms with van der Waals surface area (Å²) in [6, 6.07) is 15.5. The Balaban J connectivity index is 2.06. The van der Waals surface area contributed by atoms with Crippen LogP contribution in [0.3, 0.4) is 0 Å². The number of anilines is 1. The zero-order valence-corrected chi connectivity index (χ0v) is 11.8. The molecule has 0 spiro atoms. The van der Waals surface area contributed by atoms with Crippen LogP contribution in [-0.4, -0.2) is 11.1 Å². The summed E-state index contributed by atoms with van der Waals surface area (Å²) in [5, 5.41) is 10.9. The summed E-state index contributed by atoms with van der Waals surface area (Å²) in [6.07, 6.45) is 0.913. The standard InChI is InChI=1S/C17H19NO2/c1-13-7-6-8-14(2)17(13)18(20)16(19)12-11-15-9-4-3-5-10-15/h3-10,20H,11-12H2,1-2H3. The number of carbonyl (C=O) groups is 1. The molecular formula is C17H19NO2. The Morgan fingerprint density at radius 2 is 1.60 bits per heavy atom. The summed E-state index contributed by atoms with van der Waals surface area (Å²) >= 11 is 0. The van der Waals surface area contributed by atoms with E-state index < -0.39 is 0 Å². The minimum Gasteiger partial charge on any atom is -0.281 e. The summed E-state index contributed by atoms with van der Waals surface area (Å²) < 4.78 is 0. The van der Waals surface area contributed by atoms with Crippen molar-refractivity contribution in [3.8, 4) is 0 Å². The fraction of sp³-hybridized carbons (Fsp3) is 0.235. The maximum atomic E-state index is 12.1.